The zero-order chi connectivity index (χ0) is 22.2. The Morgan fingerprint density at radius 3 is 2.62 bits per heavy atom. The molecule has 2 heterocycles. The minimum Gasteiger partial charge on any atom is -0.440 e. The first kappa shape index (κ1) is 20.9. The quantitative estimate of drug-likeness (QED) is 0.436. The Balaban J connectivity index is 1.72. The van der Waals surface area contributed by atoms with E-state index in [-0.39, 0.29) is 5.56 Å². The molecule has 5 rings (SSSR count). The SMILES string of the molecule is Cn1cc(-c2cc(CCN[SH](=O)=O)cc3nc(C4CCCC4)oc23)c2ccccc2c1=O. The molecular weight excluding hydrogens is 426 g/mol. The summed E-state index contributed by atoms with van der Waals surface area (Å²) < 4.78 is 32.2. The Morgan fingerprint density at radius 2 is 1.88 bits per heavy atom. The van der Waals surface area contributed by atoms with E-state index in [0.29, 0.717) is 29.9 Å². The molecule has 1 N–H and O–H groups in total. The van der Waals surface area contributed by atoms with Crippen LogP contribution in [0.25, 0.3) is 33.0 Å². The first-order valence-electron chi connectivity index (χ1n) is 10.9. The van der Waals surface area contributed by atoms with Gasteiger partial charge in [0.05, 0.1) is 0 Å². The third kappa shape index (κ3) is 3.84. The summed E-state index contributed by atoms with van der Waals surface area (Å²) in [4.78, 5) is 17.5. The van der Waals surface area contributed by atoms with Gasteiger partial charge in [-0.05, 0) is 48.4 Å². The fourth-order valence-electron chi connectivity index (χ4n) is 4.72. The molecule has 1 fully saturated rings. The molecule has 1 aliphatic rings. The van der Waals surface area contributed by atoms with E-state index >= 15 is 0 Å². The van der Waals surface area contributed by atoms with E-state index in [2.05, 4.69) is 4.72 Å². The molecule has 8 heteroatoms. The molecule has 0 radical (unpaired) electrons. The maximum absolute atomic E-state index is 12.7. The molecular formula is C24H25N3O4S. The second-order valence-corrected chi connectivity index (χ2v) is 9.28. The fourth-order valence-corrected chi connectivity index (χ4v) is 5.02. The zero-order valence-corrected chi connectivity index (χ0v) is 18.7. The molecule has 0 spiro atoms. The maximum Gasteiger partial charge on any atom is 0.258 e. The second kappa shape index (κ2) is 8.52. The van der Waals surface area contributed by atoms with Crippen LogP contribution in [0.3, 0.4) is 0 Å². The normalized spacial score (nSPS) is 14.8. The monoisotopic (exact) mass is 451 g/mol. The van der Waals surface area contributed by atoms with Gasteiger partial charge >= 0.3 is 0 Å². The first-order chi connectivity index (χ1) is 15.5. The summed E-state index contributed by atoms with van der Waals surface area (Å²) in [5.41, 5.74) is 4.15. The summed E-state index contributed by atoms with van der Waals surface area (Å²) >= 11 is 0. The smallest absolute Gasteiger partial charge is 0.258 e. The van der Waals surface area contributed by atoms with Crippen molar-refractivity contribution < 1.29 is 12.8 Å². The largest absolute Gasteiger partial charge is 0.440 e. The third-order valence-corrected chi connectivity index (χ3v) is 6.79. The fraction of sp³-hybridized carbons (Fsp3) is 0.333. The third-order valence-electron chi connectivity index (χ3n) is 6.31. The van der Waals surface area contributed by atoms with Crippen LogP contribution in [0, 0.1) is 0 Å². The average molecular weight is 452 g/mol. The summed E-state index contributed by atoms with van der Waals surface area (Å²) in [7, 11) is -0.890. The molecule has 1 saturated carbocycles. The Bertz CT molecular complexity index is 1440. The predicted molar refractivity (Wildman–Crippen MR) is 125 cm³/mol. The van der Waals surface area contributed by atoms with E-state index in [4.69, 9.17) is 9.40 Å². The van der Waals surface area contributed by atoms with Gasteiger partial charge in [-0.15, -0.1) is 0 Å². The molecule has 2 aromatic heterocycles. The standard InChI is InChI=1S/C24H25N3O4S/c1-27-14-20(17-8-4-5-9-18(17)24(27)28)19-12-15(10-11-25-32(29)30)13-21-22(19)31-23(26-21)16-6-2-3-7-16/h4-5,8-9,12-14,16,32H,2-3,6-7,10-11H2,1H3,(H,25,29,30). The number of oxazole rings is 1. The van der Waals surface area contributed by atoms with E-state index < -0.39 is 10.9 Å². The number of hydrogen-bond donors (Lipinski definition) is 2. The van der Waals surface area contributed by atoms with E-state index in [1.165, 1.54) is 12.8 Å². The van der Waals surface area contributed by atoms with Gasteiger partial charge < -0.3 is 8.98 Å². The van der Waals surface area contributed by atoms with Crippen LogP contribution >= 0.6 is 0 Å². The predicted octanol–water partition coefficient (Wildman–Crippen LogP) is 3.66. The Hall–Kier alpha value is -2.97. The number of aryl methyl sites for hydroxylation is 1. The first-order valence-corrected chi connectivity index (χ1v) is 12.1. The summed E-state index contributed by atoms with van der Waals surface area (Å²) in [5.74, 6) is 1.10. The molecule has 166 valence electrons. The second-order valence-electron chi connectivity index (χ2n) is 8.44. The van der Waals surface area contributed by atoms with Crippen LogP contribution in [0.5, 0.6) is 0 Å². The van der Waals surface area contributed by atoms with Crippen LogP contribution in [-0.4, -0.2) is 24.5 Å². The lowest BCUT2D eigenvalue weighted by molar-refractivity contribution is 0.474. The summed E-state index contributed by atoms with van der Waals surface area (Å²) in [6.07, 6.45) is 6.91. The highest BCUT2D eigenvalue weighted by molar-refractivity contribution is 7.70. The van der Waals surface area contributed by atoms with Gasteiger partial charge in [0.1, 0.15) is 5.52 Å². The minimum absolute atomic E-state index is 0.0515. The topological polar surface area (TPSA) is 94.2 Å². The van der Waals surface area contributed by atoms with Crippen molar-refractivity contribution in [3.05, 3.63) is 64.4 Å². The van der Waals surface area contributed by atoms with Gasteiger partial charge in [0, 0.05) is 42.2 Å². The number of nitrogens with one attached hydrogen (secondary N) is 1. The number of thiol groups is 1. The molecule has 32 heavy (non-hydrogen) atoms. The van der Waals surface area contributed by atoms with Crippen molar-refractivity contribution >= 4 is 32.8 Å². The van der Waals surface area contributed by atoms with Gasteiger partial charge in [-0.25, -0.2) is 18.1 Å². The number of pyridine rings is 1. The lowest BCUT2D eigenvalue weighted by atomic mass is 9.97. The van der Waals surface area contributed by atoms with Crippen molar-refractivity contribution in [1.29, 1.82) is 0 Å². The molecule has 7 nitrogen and oxygen atoms in total. The number of rotatable bonds is 6. The molecule has 2 aromatic carbocycles. The molecule has 0 unspecified atom stereocenters. The van der Waals surface area contributed by atoms with Crippen LogP contribution in [0.2, 0.25) is 0 Å². The van der Waals surface area contributed by atoms with Gasteiger partial charge in [0.15, 0.2) is 11.5 Å². The molecule has 4 aromatic rings. The van der Waals surface area contributed by atoms with Crippen molar-refractivity contribution in [2.45, 2.75) is 38.0 Å². The van der Waals surface area contributed by atoms with Crippen molar-refractivity contribution in [2.75, 3.05) is 6.54 Å². The van der Waals surface area contributed by atoms with Gasteiger partial charge in [0.25, 0.3) is 5.56 Å². The molecule has 0 aliphatic heterocycles. The van der Waals surface area contributed by atoms with Crippen molar-refractivity contribution in [3.63, 3.8) is 0 Å². The molecule has 0 amide bonds. The van der Waals surface area contributed by atoms with Crippen molar-refractivity contribution in [1.82, 2.24) is 14.3 Å². The summed E-state index contributed by atoms with van der Waals surface area (Å²) in [6, 6.07) is 11.6. The number of aromatic nitrogens is 2. The van der Waals surface area contributed by atoms with Gasteiger partial charge in [-0.3, -0.25) is 4.79 Å². The highest BCUT2D eigenvalue weighted by atomic mass is 32.2. The van der Waals surface area contributed by atoms with Crippen LogP contribution < -0.4 is 10.3 Å². The average Bonchev–Trinajstić information content (AvgIpc) is 3.45. The number of fused-ring (bicyclic) bond motifs is 2. The minimum atomic E-state index is -2.64. The number of hydrogen-bond acceptors (Lipinski definition) is 5. The lowest BCUT2D eigenvalue weighted by Crippen LogP contribution is -2.16. The van der Waals surface area contributed by atoms with Gasteiger partial charge in [-0.2, -0.15) is 0 Å². The highest BCUT2D eigenvalue weighted by Gasteiger charge is 2.24. The van der Waals surface area contributed by atoms with E-state index in [1.807, 2.05) is 42.6 Å². The van der Waals surface area contributed by atoms with Crippen molar-refractivity contribution in [2.24, 2.45) is 7.05 Å². The zero-order valence-electron chi connectivity index (χ0n) is 17.8. The van der Waals surface area contributed by atoms with Gasteiger partial charge in [0.2, 0.25) is 10.9 Å². The molecule has 0 saturated heterocycles. The molecule has 1 aliphatic carbocycles. The number of nitrogens with zero attached hydrogens (tertiary/aromatic N) is 2. The molecule has 0 bridgehead atoms. The van der Waals surface area contributed by atoms with E-state index in [1.54, 1.807) is 11.6 Å². The van der Waals surface area contributed by atoms with Gasteiger partial charge in [-0.1, -0.05) is 31.0 Å². The summed E-state index contributed by atoms with van der Waals surface area (Å²) in [5, 5.41) is 1.50. The highest BCUT2D eigenvalue weighted by Crippen LogP contribution is 2.39. The number of benzene rings is 2. The van der Waals surface area contributed by atoms with Crippen LogP contribution in [0.15, 0.2) is 51.8 Å². The Labute approximate surface area is 187 Å². The van der Waals surface area contributed by atoms with Crippen LogP contribution in [-0.2, 0) is 24.4 Å². The Morgan fingerprint density at radius 1 is 1.12 bits per heavy atom. The molecule has 0 atom stereocenters. The van der Waals surface area contributed by atoms with E-state index in [9.17, 15) is 13.2 Å². The van der Waals surface area contributed by atoms with E-state index in [0.717, 1.165) is 46.3 Å². The lowest BCUT2D eigenvalue weighted by Gasteiger charge is -2.11. The maximum atomic E-state index is 12.7. The van der Waals surface area contributed by atoms with Crippen LogP contribution in [0.1, 0.15) is 43.1 Å². The van der Waals surface area contributed by atoms with Crippen molar-refractivity contribution in [3.8, 4) is 11.1 Å². The van der Waals surface area contributed by atoms with Crippen LogP contribution in [0.4, 0.5) is 0 Å². The Kier molecular flexibility index (Phi) is 5.57. The summed E-state index contributed by atoms with van der Waals surface area (Å²) in [6.45, 7) is 0.311.